The van der Waals surface area contributed by atoms with Crippen molar-refractivity contribution in [1.29, 1.82) is 0 Å². The zero-order valence-electron chi connectivity index (χ0n) is 14.1. The van der Waals surface area contributed by atoms with Gasteiger partial charge in [-0.3, -0.25) is 23.1 Å². The van der Waals surface area contributed by atoms with Gasteiger partial charge in [0.05, 0.1) is 23.1 Å². The lowest BCUT2D eigenvalue weighted by Gasteiger charge is -2.13. The number of nitrogens with zero attached hydrogens (tertiary/aromatic N) is 4. The van der Waals surface area contributed by atoms with Crippen molar-refractivity contribution in [2.45, 2.75) is 20.0 Å². The molecule has 0 fully saturated rings. The highest BCUT2D eigenvalue weighted by atomic mass is 16.2. The Bertz CT molecular complexity index is 1310. The van der Waals surface area contributed by atoms with Crippen LogP contribution in [0.25, 0.3) is 16.6 Å². The molecule has 0 saturated carbocycles. The molecule has 0 amide bonds. The molecule has 4 aromatic rings. The number of hydrogen-bond donors (Lipinski definition) is 0. The van der Waals surface area contributed by atoms with Crippen LogP contribution in [0.1, 0.15) is 12.6 Å². The molecular weight excluding hydrogens is 332 g/mol. The summed E-state index contributed by atoms with van der Waals surface area (Å²) in [5.41, 5.74) is 0.571. The first-order valence-corrected chi connectivity index (χ1v) is 8.30. The summed E-state index contributed by atoms with van der Waals surface area (Å²) in [6.07, 6.45) is 1.65. The Morgan fingerprint density at radius 2 is 1.73 bits per heavy atom. The van der Waals surface area contributed by atoms with Gasteiger partial charge < -0.3 is 0 Å². The van der Waals surface area contributed by atoms with Gasteiger partial charge in [-0.15, -0.1) is 0 Å². The lowest BCUT2D eigenvalue weighted by atomic mass is 10.2. The first-order chi connectivity index (χ1) is 12.6. The highest BCUT2D eigenvalue weighted by Gasteiger charge is 2.13. The van der Waals surface area contributed by atoms with Gasteiger partial charge in [-0.1, -0.05) is 18.2 Å². The third kappa shape index (κ3) is 2.45. The second-order valence-electron chi connectivity index (χ2n) is 5.95. The largest absolute Gasteiger partial charge is 0.331 e. The Morgan fingerprint density at radius 3 is 2.54 bits per heavy atom. The zero-order valence-corrected chi connectivity index (χ0v) is 14.1. The number of benzene rings is 1. The van der Waals surface area contributed by atoms with E-state index in [2.05, 4.69) is 4.98 Å². The average molecular weight is 348 g/mol. The minimum atomic E-state index is -0.411. The zero-order chi connectivity index (χ0) is 18.3. The maximum atomic E-state index is 12.8. The SMILES string of the molecule is CCn1c(=O)c2ccccc2n(Cc2cc(=O)n3ccccc3n2)c1=O. The fourth-order valence-corrected chi connectivity index (χ4v) is 3.15. The van der Waals surface area contributed by atoms with E-state index in [1.54, 1.807) is 55.6 Å². The summed E-state index contributed by atoms with van der Waals surface area (Å²) in [4.78, 5) is 42.1. The normalized spacial score (nSPS) is 11.3. The second kappa shape index (κ2) is 6.11. The third-order valence-corrected chi connectivity index (χ3v) is 4.39. The van der Waals surface area contributed by atoms with E-state index in [-0.39, 0.29) is 24.2 Å². The van der Waals surface area contributed by atoms with E-state index in [1.807, 2.05) is 0 Å². The highest BCUT2D eigenvalue weighted by Crippen LogP contribution is 2.09. The van der Waals surface area contributed by atoms with Crippen LogP contribution in [0.15, 0.2) is 69.1 Å². The number of pyridine rings is 1. The van der Waals surface area contributed by atoms with E-state index < -0.39 is 5.69 Å². The summed E-state index contributed by atoms with van der Waals surface area (Å²) in [5, 5.41) is 0.464. The van der Waals surface area contributed by atoms with E-state index in [1.165, 1.54) is 19.6 Å². The van der Waals surface area contributed by atoms with E-state index in [0.717, 1.165) is 0 Å². The highest BCUT2D eigenvalue weighted by molar-refractivity contribution is 5.77. The molecule has 4 rings (SSSR count). The van der Waals surface area contributed by atoms with E-state index in [0.29, 0.717) is 22.2 Å². The molecule has 0 saturated heterocycles. The van der Waals surface area contributed by atoms with Gasteiger partial charge in [0.1, 0.15) is 5.65 Å². The molecule has 130 valence electrons. The number of rotatable bonds is 3. The standard InChI is InChI=1S/C19H16N4O3/c1-2-21-18(25)14-7-3-4-8-15(14)23(19(21)26)12-13-11-17(24)22-10-6-5-9-16(22)20-13/h3-11H,2,12H2,1H3. The summed E-state index contributed by atoms with van der Waals surface area (Å²) in [5.74, 6) is 0. The minimum Gasteiger partial charge on any atom is -0.287 e. The van der Waals surface area contributed by atoms with Crippen molar-refractivity contribution in [3.8, 4) is 0 Å². The molecule has 0 atom stereocenters. The predicted octanol–water partition coefficient (Wildman–Crippen LogP) is 1.24. The van der Waals surface area contributed by atoms with E-state index in [4.69, 9.17) is 0 Å². The van der Waals surface area contributed by atoms with Crippen LogP contribution < -0.4 is 16.8 Å². The van der Waals surface area contributed by atoms with Gasteiger partial charge in [0.15, 0.2) is 0 Å². The van der Waals surface area contributed by atoms with Crippen molar-refractivity contribution in [2.75, 3.05) is 0 Å². The molecule has 7 nitrogen and oxygen atoms in total. The second-order valence-corrected chi connectivity index (χ2v) is 5.95. The molecule has 3 heterocycles. The molecule has 26 heavy (non-hydrogen) atoms. The van der Waals surface area contributed by atoms with Gasteiger partial charge in [0.2, 0.25) is 0 Å². The molecule has 0 aliphatic carbocycles. The minimum absolute atomic E-state index is 0.111. The van der Waals surface area contributed by atoms with E-state index in [9.17, 15) is 14.4 Å². The topological polar surface area (TPSA) is 78.4 Å². The molecule has 0 unspecified atom stereocenters. The Morgan fingerprint density at radius 1 is 0.962 bits per heavy atom. The quantitative estimate of drug-likeness (QED) is 0.558. The monoisotopic (exact) mass is 348 g/mol. The van der Waals surface area contributed by atoms with Crippen LogP contribution >= 0.6 is 0 Å². The molecule has 7 heteroatoms. The third-order valence-electron chi connectivity index (χ3n) is 4.39. The molecule has 0 spiro atoms. The van der Waals surface area contributed by atoms with Crippen molar-refractivity contribution in [3.05, 3.63) is 91.6 Å². The summed E-state index contributed by atoms with van der Waals surface area (Å²) in [7, 11) is 0. The molecule has 3 aromatic heterocycles. The molecule has 0 radical (unpaired) electrons. The molecule has 0 bridgehead atoms. The summed E-state index contributed by atoms with van der Waals surface area (Å²) >= 11 is 0. The van der Waals surface area contributed by atoms with Gasteiger partial charge >= 0.3 is 5.69 Å². The van der Waals surface area contributed by atoms with Crippen LogP contribution in [0.3, 0.4) is 0 Å². The fraction of sp³-hybridized carbons (Fsp3) is 0.158. The van der Waals surface area contributed by atoms with Gasteiger partial charge in [-0.05, 0) is 31.2 Å². The van der Waals surface area contributed by atoms with Crippen molar-refractivity contribution >= 4 is 16.6 Å². The lowest BCUT2D eigenvalue weighted by Crippen LogP contribution is -2.40. The maximum absolute atomic E-state index is 12.8. The average Bonchev–Trinajstić information content (AvgIpc) is 2.66. The predicted molar refractivity (Wildman–Crippen MR) is 98.7 cm³/mol. The van der Waals surface area contributed by atoms with Crippen molar-refractivity contribution in [2.24, 2.45) is 0 Å². The summed E-state index contributed by atoms with van der Waals surface area (Å²) in [6, 6.07) is 13.7. The lowest BCUT2D eigenvalue weighted by molar-refractivity contribution is 0.614. The van der Waals surface area contributed by atoms with Crippen molar-refractivity contribution in [3.63, 3.8) is 0 Å². The van der Waals surface area contributed by atoms with Crippen LogP contribution in [0.5, 0.6) is 0 Å². The van der Waals surface area contributed by atoms with Gasteiger partial charge in [-0.2, -0.15) is 0 Å². The van der Waals surface area contributed by atoms with Crippen molar-refractivity contribution < 1.29 is 0 Å². The molecule has 1 aromatic carbocycles. The van der Waals surface area contributed by atoms with Gasteiger partial charge in [0, 0.05) is 18.8 Å². The molecule has 0 N–H and O–H groups in total. The van der Waals surface area contributed by atoms with Crippen LogP contribution in [-0.2, 0) is 13.1 Å². The summed E-state index contributed by atoms with van der Waals surface area (Å²) in [6.45, 7) is 2.14. The van der Waals surface area contributed by atoms with E-state index >= 15 is 0 Å². The Balaban J connectivity index is 1.97. The molecular formula is C19H16N4O3. The van der Waals surface area contributed by atoms with Crippen LogP contribution in [0.2, 0.25) is 0 Å². The van der Waals surface area contributed by atoms with Crippen molar-refractivity contribution in [1.82, 2.24) is 18.5 Å². The van der Waals surface area contributed by atoms with Crippen LogP contribution in [0, 0.1) is 0 Å². The Kier molecular flexibility index (Phi) is 3.76. The van der Waals surface area contributed by atoms with Crippen LogP contribution in [0.4, 0.5) is 0 Å². The number of aromatic nitrogens is 4. The summed E-state index contributed by atoms with van der Waals surface area (Å²) < 4.78 is 4.12. The smallest absolute Gasteiger partial charge is 0.287 e. The first kappa shape index (κ1) is 16.0. The first-order valence-electron chi connectivity index (χ1n) is 8.30. The Labute approximate surface area is 147 Å². The number of hydrogen-bond acceptors (Lipinski definition) is 4. The number of para-hydroxylation sites is 1. The molecule has 0 aliphatic heterocycles. The van der Waals surface area contributed by atoms with Crippen LogP contribution in [-0.4, -0.2) is 18.5 Å². The number of fused-ring (bicyclic) bond motifs is 2. The molecule has 0 aliphatic rings. The maximum Gasteiger partial charge on any atom is 0.331 e. The van der Waals surface area contributed by atoms with Gasteiger partial charge in [-0.25, -0.2) is 9.78 Å². The fourth-order valence-electron chi connectivity index (χ4n) is 3.15. The van der Waals surface area contributed by atoms with Gasteiger partial charge in [0.25, 0.3) is 11.1 Å². The Hall–Kier alpha value is -3.48.